The highest BCUT2D eigenvalue weighted by atomic mass is 16.5. The van der Waals surface area contributed by atoms with Crippen LogP contribution in [0, 0.1) is 0 Å². The third kappa shape index (κ3) is 2.14. The molecule has 2 amide bonds. The van der Waals surface area contributed by atoms with Gasteiger partial charge in [0.25, 0.3) is 5.91 Å². The number of aryl methyl sites for hydroxylation is 1. The second-order valence-corrected chi connectivity index (χ2v) is 5.89. The van der Waals surface area contributed by atoms with E-state index in [1.165, 1.54) is 6.33 Å². The first kappa shape index (κ1) is 14.7. The second kappa shape index (κ2) is 5.33. The van der Waals surface area contributed by atoms with Crippen molar-refractivity contribution in [1.82, 2.24) is 14.8 Å². The van der Waals surface area contributed by atoms with Crippen molar-refractivity contribution in [3.05, 3.63) is 29.8 Å². The number of amides is 2. The van der Waals surface area contributed by atoms with Gasteiger partial charge < -0.3 is 15.0 Å². The lowest BCUT2D eigenvalue weighted by Gasteiger charge is -2.31. The smallest absolute Gasteiger partial charge is 0.264 e. The quantitative estimate of drug-likeness (QED) is 0.893. The zero-order chi connectivity index (χ0) is 16.8. The van der Waals surface area contributed by atoms with Crippen LogP contribution in [-0.4, -0.2) is 40.2 Å². The van der Waals surface area contributed by atoms with E-state index in [0.717, 1.165) is 11.4 Å². The summed E-state index contributed by atoms with van der Waals surface area (Å²) >= 11 is 0. The first-order chi connectivity index (χ1) is 11.6. The molecule has 0 saturated heterocycles. The fraction of sp³-hybridized carbons (Fsp3) is 0.375. The molecule has 1 aromatic heterocycles. The average Bonchev–Trinajstić information content (AvgIpc) is 3.05. The predicted molar refractivity (Wildman–Crippen MR) is 86.1 cm³/mol. The summed E-state index contributed by atoms with van der Waals surface area (Å²) in [6.45, 7) is 2.66. The molecular formula is C16H17N5O3. The molecule has 4 rings (SSSR count). The first-order valence-electron chi connectivity index (χ1n) is 7.83. The molecule has 3 heterocycles. The summed E-state index contributed by atoms with van der Waals surface area (Å²) in [5, 5.41) is 7.09. The third-order valence-corrected chi connectivity index (χ3v) is 4.51. The van der Waals surface area contributed by atoms with Crippen LogP contribution >= 0.6 is 0 Å². The molecule has 8 heteroatoms. The van der Waals surface area contributed by atoms with Gasteiger partial charge in [0.05, 0.1) is 11.6 Å². The number of rotatable bonds is 2. The Morgan fingerprint density at radius 1 is 1.38 bits per heavy atom. The van der Waals surface area contributed by atoms with E-state index in [1.807, 2.05) is 13.0 Å². The minimum Gasteiger partial charge on any atom is -0.481 e. The van der Waals surface area contributed by atoms with E-state index in [-0.39, 0.29) is 24.3 Å². The number of carbonyl (C=O) groups is 2. The number of hydrogen-bond donors (Lipinski definition) is 1. The molecule has 124 valence electrons. The summed E-state index contributed by atoms with van der Waals surface area (Å²) in [6.07, 6.45) is 1.80. The molecule has 0 spiro atoms. The van der Waals surface area contributed by atoms with E-state index >= 15 is 0 Å². The molecule has 0 bridgehead atoms. The maximum Gasteiger partial charge on any atom is 0.264 e. The van der Waals surface area contributed by atoms with Gasteiger partial charge in [-0.15, -0.1) is 0 Å². The molecule has 2 aromatic rings. The van der Waals surface area contributed by atoms with Gasteiger partial charge in [0.2, 0.25) is 5.91 Å². The molecule has 0 fully saturated rings. The number of nitrogens with one attached hydrogen (secondary N) is 1. The number of likely N-dealkylation sites (N-methyl/N-ethyl adjacent to an activating group) is 1. The molecule has 24 heavy (non-hydrogen) atoms. The summed E-state index contributed by atoms with van der Waals surface area (Å²) in [5.74, 6) is 0.967. The summed E-state index contributed by atoms with van der Waals surface area (Å²) in [4.78, 5) is 30.0. The summed E-state index contributed by atoms with van der Waals surface area (Å²) in [7, 11) is 1.72. The van der Waals surface area contributed by atoms with E-state index in [4.69, 9.17) is 4.74 Å². The summed E-state index contributed by atoms with van der Waals surface area (Å²) in [6, 6.07) is 3.69. The summed E-state index contributed by atoms with van der Waals surface area (Å²) < 4.78 is 7.29. The van der Waals surface area contributed by atoms with Gasteiger partial charge in [-0.25, -0.2) is 9.67 Å². The standard InChI is InChI=1S/C16H17N5O3/c1-3-21-16(17-8-18-21)10-5-14(22)19-11-6-13-12(4-9(10)11)20(2)15(23)7-24-13/h4,6,8,10H,3,5,7H2,1-2H3,(H,19,22)/t10-/m1/s1. The van der Waals surface area contributed by atoms with E-state index < -0.39 is 0 Å². The minimum atomic E-state index is -0.202. The largest absolute Gasteiger partial charge is 0.481 e. The number of benzene rings is 1. The fourth-order valence-electron chi connectivity index (χ4n) is 3.24. The monoisotopic (exact) mass is 327 g/mol. The van der Waals surface area contributed by atoms with Crippen LogP contribution in [0.25, 0.3) is 0 Å². The van der Waals surface area contributed by atoms with Crippen molar-refractivity contribution in [2.45, 2.75) is 25.8 Å². The Bertz CT molecular complexity index is 844. The van der Waals surface area contributed by atoms with Crippen LogP contribution in [0.2, 0.25) is 0 Å². The second-order valence-electron chi connectivity index (χ2n) is 5.89. The average molecular weight is 327 g/mol. The van der Waals surface area contributed by atoms with Crippen LogP contribution in [0.15, 0.2) is 18.5 Å². The van der Waals surface area contributed by atoms with Crippen molar-refractivity contribution < 1.29 is 14.3 Å². The van der Waals surface area contributed by atoms with Crippen LogP contribution in [0.1, 0.15) is 30.7 Å². The molecule has 2 aliphatic rings. The van der Waals surface area contributed by atoms with Crippen molar-refractivity contribution >= 4 is 23.2 Å². The molecule has 1 N–H and O–H groups in total. The van der Waals surface area contributed by atoms with Crippen molar-refractivity contribution in [2.75, 3.05) is 23.9 Å². The zero-order valence-electron chi connectivity index (χ0n) is 13.4. The number of aromatic nitrogens is 3. The van der Waals surface area contributed by atoms with E-state index in [9.17, 15) is 9.59 Å². The van der Waals surface area contributed by atoms with Gasteiger partial charge in [0.15, 0.2) is 6.61 Å². The van der Waals surface area contributed by atoms with E-state index in [0.29, 0.717) is 30.1 Å². The van der Waals surface area contributed by atoms with Crippen molar-refractivity contribution in [2.24, 2.45) is 0 Å². The topological polar surface area (TPSA) is 89.4 Å². The van der Waals surface area contributed by atoms with Crippen LogP contribution < -0.4 is 15.0 Å². The molecule has 2 aliphatic heterocycles. The highest BCUT2D eigenvalue weighted by molar-refractivity contribution is 6.00. The Labute approximate surface area is 138 Å². The number of nitrogens with zero attached hydrogens (tertiary/aromatic N) is 4. The van der Waals surface area contributed by atoms with Crippen LogP contribution in [0.3, 0.4) is 0 Å². The molecule has 0 saturated carbocycles. The highest BCUT2D eigenvalue weighted by Gasteiger charge is 2.33. The maximum absolute atomic E-state index is 12.1. The Kier molecular flexibility index (Phi) is 3.26. The van der Waals surface area contributed by atoms with Gasteiger partial charge in [0.1, 0.15) is 17.9 Å². The Hall–Kier alpha value is -2.90. The fourth-order valence-corrected chi connectivity index (χ4v) is 3.24. The van der Waals surface area contributed by atoms with Crippen LogP contribution in [0.4, 0.5) is 11.4 Å². The summed E-state index contributed by atoms with van der Waals surface area (Å²) in [5.41, 5.74) is 2.32. The molecule has 0 aliphatic carbocycles. The predicted octanol–water partition coefficient (Wildman–Crippen LogP) is 1.13. The Morgan fingerprint density at radius 3 is 3.00 bits per heavy atom. The van der Waals surface area contributed by atoms with Gasteiger partial charge >= 0.3 is 0 Å². The number of hydrogen-bond acceptors (Lipinski definition) is 5. The van der Waals surface area contributed by atoms with E-state index in [2.05, 4.69) is 15.4 Å². The molecule has 0 unspecified atom stereocenters. The first-order valence-corrected chi connectivity index (χ1v) is 7.83. The molecule has 1 atom stereocenters. The molecule has 0 radical (unpaired) electrons. The number of carbonyl (C=O) groups excluding carboxylic acids is 2. The Balaban J connectivity index is 1.87. The molecular weight excluding hydrogens is 310 g/mol. The van der Waals surface area contributed by atoms with E-state index in [1.54, 1.807) is 22.7 Å². The number of anilines is 2. The Morgan fingerprint density at radius 2 is 2.21 bits per heavy atom. The SMILES string of the molecule is CCn1ncnc1[C@@H]1CC(=O)Nc2cc3c(cc21)N(C)C(=O)CO3. The number of fused-ring (bicyclic) bond motifs is 2. The molecule has 8 nitrogen and oxygen atoms in total. The third-order valence-electron chi connectivity index (χ3n) is 4.51. The highest BCUT2D eigenvalue weighted by Crippen LogP contribution is 2.43. The van der Waals surface area contributed by atoms with Gasteiger partial charge in [-0.1, -0.05) is 0 Å². The lowest BCUT2D eigenvalue weighted by Crippen LogP contribution is -2.36. The van der Waals surface area contributed by atoms with Crippen molar-refractivity contribution in [1.29, 1.82) is 0 Å². The normalized spacial score (nSPS) is 19.4. The van der Waals surface area contributed by atoms with Crippen LogP contribution in [0.5, 0.6) is 5.75 Å². The van der Waals surface area contributed by atoms with Crippen molar-refractivity contribution in [3.63, 3.8) is 0 Å². The van der Waals surface area contributed by atoms with Gasteiger partial charge in [0, 0.05) is 31.8 Å². The zero-order valence-corrected chi connectivity index (χ0v) is 13.4. The lowest BCUT2D eigenvalue weighted by molar-refractivity contribution is -0.121. The van der Waals surface area contributed by atoms with Crippen LogP contribution in [-0.2, 0) is 16.1 Å². The van der Waals surface area contributed by atoms with Crippen molar-refractivity contribution in [3.8, 4) is 5.75 Å². The number of ether oxygens (including phenoxy) is 1. The van der Waals surface area contributed by atoms with Gasteiger partial charge in [-0.05, 0) is 18.6 Å². The van der Waals surface area contributed by atoms with Gasteiger partial charge in [-0.2, -0.15) is 5.10 Å². The maximum atomic E-state index is 12.1. The molecule has 1 aromatic carbocycles. The van der Waals surface area contributed by atoms with Gasteiger partial charge in [-0.3, -0.25) is 9.59 Å². The minimum absolute atomic E-state index is 0.00379. The lowest BCUT2D eigenvalue weighted by atomic mass is 9.88.